The van der Waals surface area contributed by atoms with Gasteiger partial charge in [0.15, 0.2) is 0 Å². The van der Waals surface area contributed by atoms with E-state index < -0.39 is 0 Å². The molecule has 0 saturated carbocycles. The molecule has 0 bridgehead atoms. The van der Waals surface area contributed by atoms with Crippen molar-refractivity contribution >= 4 is 17.3 Å². The SMILES string of the molecule is Cc1cc(Cl)c(N)c(CC(C)C)c1. The van der Waals surface area contributed by atoms with Gasteiger partial charge in [-0.1, -0.05) is 31.5 Å². The van der Waals surface area contributed by atoms with Crippen LogP contribution in [0.5, 0.6) is 0 Å². The number of hydrogen-bond donors (Lipinski definition) is 1. The van der Waals surface area contributed by atoms with Crippen LogP contribution >= 0.6 is 11.6 Å². The molecule has 0 radical (unpaired) electrons. The van der Waals surface area contributed by atoms with Crippen molar-refractivity contribution in [2.75, 3.05) is 5.73 Å². The molecule has 1 aromatic carbocycles. The van der Waals surface area contributed by atoms with E-state index in [1.165, 1.54) is 11.1 Å². The molecular weight excluding hydrogens is 182 g/mol. The van der Waals surface area contributed by atoms with Crippen molar-refractivity contribution in [3.05, 3.63) is 28.3 Å². The van der Waals surface area contributed by atoms with Crippen molar-refractivity contribution in [3.8, 4) is 0 Å². The van der Waals surface area contributed by atoms with Gasteiger partial charge in [0.1, 0.15) is 0 Å². The second-order valence-electron chi connectivity index (χ2n) is 3.92. The molecule has 0 atom stereocenters. The minimum atomic E-state index is 0.611. The largest absolute Gasteiger partial charge is 0.397 e. The normalized spacial score (nSPS) is 10.8. The Balaban J connectivity index is 3.05. The molecule has 72 valence electrons. The van der Waals surface area contributed by atoms with E-state index in [1.54, 1.807) is 0 Å². The van der Waals surface area contributed by atoms with Gasteiger partial charge in [-0.15, -0.1) is 0 Å². The van der Waals surface area contributed by atoms with Crippen LogP contribution in [0.15, 0.2) is 12.1 Å². The van der Waals surface area contributed by atoms with Crippen LogP contribution in [0.2, 0.25) is 5.02 Å². The first kappa shape index (κ1) is 10.4. The number of anilines is 1. The van der Waals surface area contributed by atoms with Crippen molar-refractivity contribution in [3.63, 3.8) is 0 Å². The van der Waals surface area contributed by atoms with Crippen LogP contribution < -0.4 is 5.73 Å². The van der Waals surface area contributed by atoms with Gasteiger partial charge < -0.3 is 5.73 Å². The van der Waals surface area contributed by atoms with E-state index in [2.05, 4.69) is 19.9 Å². The van der Waals surface area contributed by atoms with E-state index in [4.69, 9.17) is 17.3 Å². The van der Waals surface area contributed by atoms with Crippen LogP contribution in [0.25, 0.3) is 0 Å². The lowest BCUT2D eigenvalue weighted by Gasteiger charge is -2.10. The fourth-order valence-electron chi connectivity index (χ4n) is 1.43. The number of halogens is 1. The Morgan fingerprint density at radius 2 is 2.00 bits per heavy atom. The Morgan fingerprint density at radius 3 is 2.54 bits per heavy atom. The van der Waals surface area contributed by atoms with Crippen molar-refractivity contribution in [1.82, 2.24) is 0 Å². The van der Waals surface area contributed by atoms with Crippen LogP contribution in [0.3, 0.4) is 0 Å². The summed E-state index contributed by atoms with van der Waals surface area (Å²) in [7, 11) is 0. The average molecular weight is 198 g/mol. The summed E-state index contributed by atoms with van der Waals surface area (Å²) < 4.78 is 0. The van der Waals surface area contributed by atoms with Gasteiger partial charge in [-0.3, -0.25) is 0 Å². The van der Waals surface area contributed by atoms with Crippen LogP contribution in [0.4, 0.5) is 5.69 Å². The quantitative estimate of drug-likeness (QED) is 0.723. The maximum Gasteiger partial charge on any atom is 0.0640 e. The molecule has 1 rings (SSSR count). The summed E-state index contributed by atoms with van der Waals surface area (Å²) in [5.74, 6) is 0.611. The lowest BCUT2D eigenvalue weighted by molar-refractivity contribution is 0.648. The molecule has 2 heteroatoms. The molecule has 0 aliphatic heterocycles. The van der Waals surface area contributed by atoms with E-state index in [-0.39, 0.29) is 0 Å². The molecule has 0 aliphatic rings. The molecule has 13 heavy (non-hydrogen) atoms. The third-order valence-electron chi connectivity index (χ3n) is 1.99. The number of nitrogens with two attached hydrogens (primary N) is 1. The number of aryl methyl sites for hydroxylation is 1. The highest BCUT2D eigenvalue weighted by atomic mass is 35.5. The van der Waals surface area contributed by atoms with Crippen molar-refractivity contribution in [2.45, 2.75) is 27.2 Å². The predicted octanol–water partition coefficient (Wildman–Crippen LogP) is 3.43. The van der Waals surface area contributed by atoms with Gasteiger partial charge in [0, 0.05) is 0 Å². The molecule has 0 aromatic heterocycles. The second-order valence-corrected chi connectivity index (χ2v) is 4.32. The Bertz CT molecular complexity index is 305. The van der Waals surface area contributed by atoms with Crippen molar-refractivity contribution < 1.29 is 0 Å². The Labute approximate surface area is 84.9 Å². The summed E-state index contributed by atoms with van der Waals surface area (Å²) in [4.78, 5) is 0. The second kappa shape index (κ2) is 4.01. The molecule has 1 aromatic rings. The molecule has 0 spiro atoms. The third kappa shape index (κ3) is 2.63. The molecular formula is C11H16ClN. The number of rotatable bonds is 2. The smallest absolute Gasteiger partial charge is 0.0640 e. The average Bonchev–Trinajstić information content (AvgIpc) is 1.98. The van der Waals surface area contributed by atoms with E-state index in [1.807, 2.05) is 13.0 Å². The minimum absolute atomic E-state index is 0.611. The first-order valence-corrected chi connectivity index (χ1v) is 4.93. The van der Waals surface area contributed by atoms with E-state index >= 15 is 0 Å². The standard InChI is InChI=1S/C11H16ClN/c1-7(2)4-9-5-8(3)6-10(12)11(9)13/h5-7H,4,13H2,1-3H3. The summed E-state index contributed by atoms with van der Waals surface area (Å²) in [6.45, 7) is 6.39. The summed E-state index contributed by atoms with van der Waals surface area (Å²) >= 11 is 5.98. The zero-order valence-corrected chi connectivity index (χ0v) is 9.15. The highest BCUT2D eigenvalue weighted by molar-refractivity contribution is 6.33. The molecule has 0 saturated heterocycles. The lowest BCUT2D eigenvalue weighted by atomic mass is 10.00. The Morgan fingerprint density at radius 1 is 1.38 bits per heavy atom. The van der Waals surface area contributed by atoms with Crippen LogP contribution in [0.1, 0.15) is 25.0 Å². The van der Waals surface area contributed by atoms with Gasteiger partial charge >= 0.3 is 0 Å². The van der Waals surface area contributed by atoms with E-state index in [0.29, 0.717) is 10.9 Å². The summed E-state index contributed by atoms with van der Waals surface area (Å²) in [5.41, 5.74) is 8.95. The fourth-order valence-corrected chi connectivity index (χ4v) is 1.73. The zero-order valence-electron chi connectivity index (χ0n) is 8.39. The third-order valence-corrected chi connectivity index (χ3v) is 2.30. The molecule has 2 N–H and O–H groups in total. The summed E-state index contributed by atoms with van der Waals surface area (Å²) in [6.07, 6.45) is 0.993. The highest BCUT2D eigenvalue weighted by Crippen LogP contribution is 2.26. The maximum absolute atomic E-state index is 5.98. The van der Waals surface area contributed by atoms with Crippen LogP contribution in [-0.4, -0.2) is 0 Å². The van der Waals surface area contributed by atoms with Gasteiger partial charge in [0.25, 0.3) is 0 Å². The molecule has 0 amide bonds. The minimum Gasteiger partial charge on any atom is -0.397 e. The van der Waals surface area contributed by atoms with Crippen LogP contribution in [0, 0.1) is 12.8 Å². The van der Waals surface area contributed by atoms with Gasteiger partial charge in [-0.05, 0) is 36.5 Å². The first-order chi connectivity index (χ1) is 6.00. The van der Waals surface area contributed by atoms with E-state index in [0.717, 1.165) is 12.1 Å². The first-order valence-electron chi connectivity index (χ1n) is 4.55. The molecule has 0 heterocycles. The summed E-state index contributed by atoms with van der Waals surface area (Å²) in [5, 5.41) is 0.677. The van der Waals surface area contributed by atoms with Gasteiger partial charge in [0.2, 0.25) is 0 Å². The predicted molar refractivity (Wildman–Crippen MR) is 59.1 cm³/mol. The van der Waals surface area contributed by atoms with E-state index in [9.17, 15) is 0 Å². The topological polar surface area (TPSA) is 26.0 Å². The van der Waals surface area contributed by atoms with Gasteiger partial charge in [-0.25, -0.2) is 0 Å². The molecule has 1 nitrogen and oxygen atoms in total. The highest BCUT2D eigenvalue weighted by Gasteiger charge is 2.06. The van der Waals surface area contributed by atoms with Crippen molar-refractivity contribution in [2.24, 2.45) is 5.92 Å². The Hall–Kier alpha value is -0.690. The summed E-state index contributed by atoms with van der Waals surface area (Å²) in [6, 6.07) is 4.02. The van der Waals surface area contributed by atoms with Crippen molar-refractivity contribution in [1.29, 1.82) is 0 Å². The zero-order chi connectivity index (χ0) is 10.0. The molecule has 0 aliphatic carbocycles. The Kier molecular flexibility index (Phi) is 3.21. The maximum atomic E-state index is 5.98. The number of benzene rings is 1. The fraction of sp³-hybridized carbons (Fsp3) is 0.455. The monoisotopic (exact) mass is 197 g/mol. The molecule has 0 unspecified atom stereocenters. The van der Waals surface area contributed by atoms with Gasteiger partial charge in [-0.2, -0.15) is 0 Å². The number of hydrogen-bond acceptors (Lipinski definition) is 1. The van der Waals surface area contributed by atoms with Crippen LogP contribution in [-0.2, 0) is 6.42 Å². The van der Waals surface area contributed by atoms with Gasteiger partial charge in [0.05, 0.1) is 10.7 Å². The lowest BCUT2D eigenvalue weighted by Crippen LogP contribution is -2.00. The number of nitrogen functional groups attached to an aromatic ring is 1. The molecule has 0 fully saturated rings.